The van der Waals surface area contributed by atoms with E-state index >= 15 is 0 Å². The number of hydrogen-bond donors (Lipinski definition) is 0. The van der Waals surface area contributed by atoms with Crippen LogP contribution < -0.4 is 0 Å². The van der Waals surface area contributed by atoms with Crippen LogP contribution in [-0.4, -0.2) is 22.4 Å². The summed E-state index contributed by atoms with van der Waals surface area (Å²) in [6, 6.07) is 16.2. The minimum atomic E-state index is -4.76. The van der Waals surface area contributed by atoms with Gasteiger partial charge in [-0.2, -0.15) is 13.2 Å². The van der Waals surface area contributed by atoms with Gasteiger partial charge in [0.2, 0.25) is 0 Å². The van der Waals surface area contributed by atoms with Crippen molar-refractivity contribution in [3.63, 3.8) is 0 Å². The van der Waals surface area contributed by atoms with E-state index in [-0.39, 0.29) is 27.9 Å². The number of halogens is 5. The number of oxime groups is 1. The molecule has 4 rings (SSSR count). The van der Waals surface area contributed by atoms with E-state index in [1.807, 2.05) is 32.0 Å². The van der Waals surface area contributed by atoms with Crippen LogP contribution in [0.2, 0.25) is 10.0 Å². The van der Waals surface area contributed by atoms with Gasteiger partial charge in [0.1, 0.15) is 0 Å². The van der Waals surface area contributed by atoms with E-state index in [0.29, 0.717) is 5.56 Å². The van der Waals surface area contributed by atoms with Crippen LogP contribution in [0.4, 0.5) is 13.2 Å². The summed E-state index contributed by atoms with van der Waals surface area (Å²) in [4.78, 5) is 5.78. The molecule has 0 fully saturated rings. The third kappa shape index (κ3) is 5.12. The lowest BCUT2D eigenvalue weighted by Gasteiger charge is -2.29. The molecule has 0 N–H and O–H groups in total. The van der Waals surface area contributed by atoms with Crippen LogP contribution in [0.15, 0.2) is 75.1 Å². The quantitative estimate of drug-likeness (QED) is 0.322. The van der Waals surface area contributed by atoms with Gasteiger partial charge in [-0.25, -0.2) is 8.57 Å². The normalized spacial score (nSPS) is 19.4. The lowest BCUT2D eigenvalue weighted by molar-refractivity contribution is -0.275. The Morgan fingerprint density at radius 3 is 2.17 bits per heavy atom. The molecule has 0 spiro atoms. The average molecular weight is 555 g/mol. The third-order valence-corrected chi connectivity index (χ3v) is 8.54. The number of aryl methyl sites for hydroxylation is 2. The van der Waals surface area contributed by atoms with Gasteiger partial charge in [-0.1, -0.05) is 70.8 Å². The zero-order chi connectivity index (χ0) is 26.3. The van der Waals surface area contributed by atoms with Crippen molar-refractivity contribution in [2.45, 2.75) is 43.5 Å². The van der Waals surface area contributed by atoms with Gasteiger partial charge < -0.3 is 4.84 Å². The Morgan fingerprint density at radius 1 is 1.03 bits per heavy atom. The van der Waals surface area contributed by atoms with Crippen LogP contribution in [0.3, 0.4) is 0 Å². The van der Waals surface area contributed by atoms with E-state index in [9.17, 15) is 17.4 Å². The molecule has 2 atom stereocenters. The Bertz CT molecular complexity index is 1420. The van der Waals surface area contributed by atoms with E-state index in [0.717, 1.165) is 21.6 Å². The maximum atomic E-state index is 14.2. The Hall–Kier alpha value is -2.55. The summed E-state index contributed by atoms with van der Waals surface area (Å²) in [7, 11) is -2.63. The molecule has 3 aromatic rings. The molecule has 4 nitrogen and oxygen atoms in total. The molecule has 0 bridgehead atoms. The molecule has 36 heavy (non-hydrogen) atoms. The van der Waals surface area contributed by atoms with Crippen molar-refractivity contribution < 1.29 is 22.2 Å². The highest BCUT2D eigenvalue weighted by atomic mass is 35.5. The highest BCUT2D eigenvalue weighted by Crippen LogP contribution is 2.49. The predicted octanol–water partition coefficient (Wildman–Crippen LogP) is 7.85. The number of nitrogens with zero attached hydrogens (tertiary/aromatic N) is 2. The largest absolute Gasteiger partial charge is 0.435 e. The molecule has 3 aromatic carbocycles. The number of alkyl halides is 3. The first kappa shape index (κ1) is 26.5. The van der Waals surface area contributed by atoms with Gasteiger partial charge in [0.15, 0.2) is 0 Å². The lowest BCUT2D eigenvalue weighted by atomic mass is 9.86. The van der Waals surface area contributed by atoms with Gasteiger partial charge in [0, 0.05) is 28.3 Å². The summed E-state index contributed by atoms with van der Waals surface area (Å²) >= 11 is 11.9. The molecule has 0 amide bonds. The second kappa shape index (κ2) is 9.72. The third-order valence-electron chi connectivity index (χ3n) is 6.08. The monoisotopic (exact) mass is 554 g/mol. The number of benzene rings is 3. The van der Waals surface area contributed by atoms with Crippen LogP contribution in [-0.2, 0) is 26.7 Å². The molecule has 0 saturated carbocycles. The van der Waals surface area contributed by atoms with Crippen molar-refractivity contribution in [1.29, 1.82) is 0 Å². The standard InChI is InChI=1S/C26H23Cl2F3N2O2S/c1-16-5-4-6-17(2)24(16)36(3,34)32-15-18-7-9-19(10-8-18)23-14-25(35-33-23,26(29,30)31)20-11-21(27)13-22(28)12-20/h4-13H,14-15H2,1-3H3. The van der Waals surface area contributed by atoms with Crippen molar-refractivity contribution in [3.8, 4) is 0 Å². The lowest BCUT2D eigenvalue weighted by Crippen LogP contribution is -2.42. The van der Waals surface area contributed by atoms with Crippen LogP contribution in [0, 0.1) is 13.8 Å². The second-order valence-corrected chi connectivity index (χ2v) is 11.9. The first-order valence-electron chi connectivity index (χ1n) is 10.9. The van der Waals surface area contributed by atoms with Crippen LogP contribution in [0.5, 0.6) is 0 Å². The summed E-state index contributed by atoms with van der Waals surface area (Å²) < 4.78 is 60.4. The SMILES string of the molecule is Cc1cccc(C)c1S(C)(=O)=NCc1ccc(C2=NOC(c3cc(Cl)cc(Cl)c3)(C(F)(F)F)C2)cc1. The second-order valence-electron chi connectivity index (χ2n) is 8.80. The molecule has 0 aromatic heterocycles. The molecule has 10 heteroatoms. The summed E-state index contributed by atoms with van der Waals surface area (Å²) in [5, 5.41) is 3.92. The van der Waals surface area contributed by atoms with E-state index in [1.165, 1.54) is 18.2 Å². The van der Waals surface area contributed by atoms with E-state index in [2.05, 4.69) is 9.52 Å². The van der Waals surface area contributed by atoms with E-state index in [1.54, 1.807) is 30.5 Å². The van der Waals surface area contributed by atoms with Crippen LogP contribution >= 0.6 is 23.2 Å². The molecule has 190 valence electrons. The van der Waals surface area contributed by atoms with Crippen LogP contribution in [0.25, 0.3) is 0 Å². The molecule has 1 aliphatic heterocycles. The fourth-order valence-electron chi connectivity index (χ4n) is 4.31. The van der Waals surface area contributed by atoms with Gasteiger partial charge in [0.25, 0.3) is 5.60 Å². The van der Waals surface area contributed by atoms with Gasteiger partial charge >= 0.3 is 6.18 Å². The smallest absolute Gasteiger partial charge is 0.374 e. The highest BCUT2D eigenvalue weighted by molar-refractivity contribution is 7.93. The van der Waals surface area contributed by atoms with Gasteiger partial charge in [-0.15, -0.1) is 0 Å². The molecule has 1 heterocycles. The first-order chi connectivity index (χ1) is 16.8. The van der Waals surface area contributed by atoms with Crippen LogP contribution in [0.1, 0.15) is 34.2 Å². The Kier molecular flexibility index (Phi) is 7.16. The van der Waals surface area contributed by atoms with Crippen molar-refractivity contribution in [3.05, 3.63) is 98.5 Å². The van der Waals surface area contributed by atoms with Crippen molar-refractivity contribution in [2.75, 3.05) is 6.26 Å². The molecule has 0 saturated heterocycles. The van der Waals surface area contributed by atoms with E-state index < -0.39 is 27.9 Å². The van der Waals surface area contributed by atoms with Gasteiger partial charge in [-0.3, -0.25) is 0 Å². The maximum absolute atomic E-state index is 14.2. The highest BCUT2D eigenvalue weighted by Gasteiger charge is 2.62. The summed E-state index contributed by atoms with van der Waals surface area (Å²) in [6.45, 7) is 4.00. The summed E-state index contributed by atoms with van der Waals surface area (Å²) in [6.07, 6.45) is -3.69. The Morgan fingerprint density at radius 2 is 1.61 bits per heavy atom. The zero-order valence-corrected chi connectivity index (χ0v) is 22.0. The average Bonchev–Trinajstić information content (AvgIpc) is 3.24. The first-order valence-corrected chi connectivity index (χ1v) is 13.6. The molecular weight excluding hydrogens is 532 g/mol. The predicted molar refractivity (Wildman–Crippen MR) is 137 cm³/mol. The fourth-order valence-corrected chi connectivity index (χ4v) is 6.69. The minimum absolute atomic E-state index is 0.0691. The minimum Gasteiger partial charge on any atom is -0.374 e. The van der Waals surface area contributed by atoms with Gasteiger partial charge in [-0.05, 0) is 54.3 Å². The summed E-state index contributed by atoms with van der Waals surface area (Å²) in [5.74, 6) is 0. The zero-order valence-electron chi connectivity index (χ0n) is 19.7. The molecular formula is C26H23Cl2F3N2O2S. The van der Waals surface area contributed by atoms with Crippen molar-refractivity contribution in [1.82, 2.24) is 0 Å². The summed E-state index contributed by atoms with van der Waals surface area (Å²) in [5.41, 5.74) is 0.301. The molecule has 1 aliphatic rings. The van der Waals surface area contributed by atoms with Gasteiger partial charge in [0.05, 0.1) is 26.9 Å². The maximum Gasteiger partial charge on any atom is 0.435 e. The topological polar surface area (TPSA) is 51.0 Å². The van der Waals surface area contributed by atoms with Crippen molar-refractivity contribution >= 4 is 38.6 Å². The molecule has 0 aliphatic carbocycles. The fraction of sp³-hybridized carbons (Fsp3) is 0.269. The Balaban J connectivity index is 1.57. The van der Waals surface area contributed by atoms with Crippen molar-refractivity contribution in [2.24, 2.45) is 9.52 Å². The Labute approximate surface area is 218 Å². The molecule has 0 radical (unpaired) electrons. The number of rotatable bonds is 5. The van der Waals surface area contributed by atoms with E-state index in [4.69, 9.17) is 28.0 Å². The number of hydrogen-bond acceptors (Lipinski definition) is 4. The molecule has 2 unspecified atom stereocenters.